The van der Waals surface area contributed by atoms with Gasteiger partial charge in [0.25, 0.3) is 5.91 Å². The van der Waals surface area contributed by atoms with E-state index in [2.05, 4.69) is 5.32 Å². The molecule has 150 valence electrons. The van der Waals surface area contributed by atoms with Crippen molar-refractivity contribution in [1.29, 1.82) is 0 Å². The van der Waals surface area contributed by atoms with E-state index in [0.717, 1.165) is 25.7 Å². The molecule has 0 bridgehead atoms. The van der Waals surface area contributed by atoms with Crippen LogP contribution in [0.1, 0.15) is 42.5 Å². The van der Waals surface area contributed by atoms with Gasteiger partial charge >= 0.3 is 0 Å². The molecule has 8 heteroatoms. The van der Waals surface area contributed by atoms with E-state index in [1.54, 1.807) is 0 Å². The van der Waals surface area contributed by atoms with Crippen LogP contribution in [0.2, 0.25) is 0 Å². The van der Waals surface area contributed by atoms with E-state index >= 15 is 0 Å². The maximum atomic E-state index is 12.5. The first kappa shape index (κ1) is 21.4. The molecule has 0 heterocycles. The van der Waals surface area contributed by atoms with Gasteiger partial charge in [0, 0.05) is 32.2 Å². The van der Waals surface area contributed by atoms with Crippen LogP contribution in [0.4, 0.5) is 0 Å². The van der Waals surface area contributed by atoms with Crippen LogP contribution in [0.3, 0.4) is 0 Å². The van der Waals surface area contributed by atoms with Crippen LogP contribution in [0.5, 0.6) is 0 Å². The summed E-state index contributed by atoms with van der Waals surface area (Å²) in [4.78, 5) is 25.4. The number of hydrogen-bond donors (Lipinski definition) is 2. The highest BCUT2D eigenvalue weighted by Crippen LogP contribution is 2.26. The lowest BCUT2D eigenvalue weighted by molar-refractivity contribution is -0.125. The van der Waals surface area contributed by atoms with Crippen LogP contribution in [-0.4, -0.2) is 57.6 Å². The third-order valence-electron chi connectivity index (χ3n) is 5.08. The fourth-order valence-electron chi connectivity index (χ4n) is 3.35. The number of carbonyl (C=O) groups is 2. The van der Waals surface area contributed by atoms with Crippen LogP contribution >= 0.6 is 0 Å². The minimum absolute atomic E-state index is 0.0249. The van der Waals surface area contributed by atoms with Gasteiger partial charge in [0.1, 0.15) is 5.75 Å². The van der Waals surface area contributed by atoms with Crippen molar-refractivity contribution in [3.63, 3.8) is 0 Å². The molecule has 2 amide bonds. The summed E-state index contributed by atoms with van der Waals surface area (Å²) in [6, 6.07) is 5.60. The van der Waals surface area contributed by atoms with Gasteiger partial charge in [-0.05, 0) is 43.0 Å². The Balaban J connectivity index is 2.05. The second kappa shape index (κ2) is 9.32. The monoisotopic (exact) mass is 395 g/mol. The number of nitrogens with one attached hydrogen (secondary N) is 1. The zero-order chi connectivity index (χ0) is 20.0. The van der Waals surface area contributed by atoms with Crippen LogP contribution in [0.25, 0.3) is 0 Å². The number of amides is 2. The highest BCUT2D eigenvalue weighted by Gasteiger charge is 2.25. The summed E-state index contributed by atoms with van der Waals surface area (Å²) in [6.07, 6.45) is 5.69. The van der Waals surface area contributed by atoms with Crippen molar-refractivity contribution in [3.8, 4) is 0 Å². The predicted molar refractivity (Wildman–Crippen MR) is 104 cm³/mol. The number of nitrogens with zero attached hydrogens (tertiary/aromatic N) is 1. The average molecular weight is 396 g/mol. The van der Waals surface area contributed by atoms with Crippen LogP contribution < -0.4 is 11.1 Å². The molecular formula is C19H29N3O4S. The molecule has 0 aliphatic heterocycles. The van der Waals surface area contributed by atoms with Crippen LogP contribution in [-0.2, 0) is 14.6 Å². The van der Waals surface area contributed by atoms with Gasteiger partial charge in [-0.2, -0.15) is 0 Å². The summed E-state index contributed by atoms with van der Waals surface area (Å²) in [5.74, 6) is -0.952. The molecule has 1 aromatic rings. The van der Waals surface area contributed by atoms with Crippen molar-refractivity contribution in [1.82, 2.24) is 10.2 Å². The van der Waals surface area contributed by atoms with Crippen molar-refractivity contribution in [2.45, 2.75) is 43.0 Å². The number of carbonyl (C=O) groups excluding carboxylic acids is 2. The van der Waals surface area contributed by atoms with Crippen molar-refractivity contribution >= 4 is 21.7 Å². The van der Waals surface area contributed by atoms with E-state index in [0.29, 0.717) is 18.0 Å². The number of benzene rings is 1. The fourth-order valence-corrected chi connectivity index (χ4v) is 4.65. The molecule has 27 heavy (non-hydrogen) atoms. The highest BCUT2D eigenvalue weighted by molar-refractivity contribution is 7.92. The molecule has 3 N–H and O–H groups in total. The fraction of sp³-hybridized carbons (Fsp3) is 0.579. The van der Waals surface area contributed by atoms with Gasteiger partial charge in [-0.3, -0.25) is 9.59 Å². The van der Waals surface area contributed by atoms with Crippen LogP contribution in [0.15, 0.2) is 29.2 Å². The molecule has 0 saturated heterocycles. The number of hydrogen-bond acceptors (Lipinski definition) is 5. The van der Waals surface area contributed by atoms with Gasteiger partial charge in [-0.15, -0.1) is 0 Å². The maximum absolute atomic E-state index is 12.5. The molecule has 0 radical (unpaired) electrons. The quantitative estimate of drug-likeness (QED) is 0.721. The summed E-state index contributed by atoms with van der Waals surface area (Å²) in [5.41, 5.74) is 6.23. The molecule has 1 fully saturated rings. The largest absolute Gasteiger partial charge is 0.348 e. The second-order valence-electron chi connectivity index (χ2n) is 7.29. The Morgan fingerprint density at radius 3 is 2.26 bits per heavy atom. The average Bonchev–Trinajstić information content (AvgIpc) is 2.66. The maximum Gasteiger partial charge on any atom is 0.251 e. The lowest BCUT2D eigenvalue weighted by Crippen LogP contribution is -2.45. The molecule has 1 aromatic carbocycles. The molecule has 2 rings (SSSR count). The summed E-state index contributed by atoms with van der Waals surface area (Å²) in [5, 5.41) is 2.98. The zero-order valence-electron chi connectivity index (χ0n) is 16.0. The molecular weight excluding hydrogens is 366 g/mol. The molecule has 7 nitrogen and oxygen atoms in total. The molecule has 0 aromatic heterocycles. The Kier molecular flexibility index (Phi) is 7.38. The van der Waals surface area contributed by atoms with Crippen molar-refractivity contribution in [2.24, 2.45) is 11.7 Å². The van der Waals surface area contributed by atoms with Crippen molar-refractivity contribution in [2.75, 3.05) is 26.4 Å². The van der Waals surface area contributed by atoms with E-state index in [4.69, 9.17) is 5.73 Å². The Morgan fingerprint density at radius 2 is 1.74 bits per heavy atom. The van der Waals surface area contributed by atoms with Gasteiger partial charge in [-0.1, -0.05) is 19.3 Å². The Labute approximate surface area is 161 Å². The first-order valence-electron chi connectivity index (χ1n) is 9.28. The third-order valence-corrected chi connectivity index (χ3v) is 6.69. The van der Waals surface area contributed by atoms with Gasteiger partial charge in [0.2, 0.25) is 5.91 Å². The number of nitrogens with two attached hydrogens (primary N) is 1. The Hall–Kier alpha value is -1.93. The first-order chi connectivity index (χ1) is 12.7. The summed E-state index contributed by atoms with van der Waals surface area (Å²) in [6.45, 7) is 0.384. The zero-order valence-corrected chi connectivity index (χ0v) is 16.8. The predicted octanol–water partition coefficient (Wildman–Crippen LogP) is 1.19. The minimum Gasteiger partial charge on any atom is -0.348 e. The van der Waals surface area contributed by atoms with E-state index in [9.17, 15) is 18.0 Å². The SMILES string of the molecule is CN(C)C(=O)CS(=O)(=O)c1ccc(C(=O)NC(CN)C2CCCCC2)cc1. The Morgan fingerprint density at radius 1 is 1.15 bits per heavy atom. The normalized spacial score (nSPS) is 16.6. The number of sulfone groups is 1. The molecule has 1 saturated carbocycles. The van der Waals surface area contributed by atoms with Crippen molar-refractivity contribution < 1.29 is 18.0 Å². The molecule has 1 aliphatic carbocycles. The van der Waals surface area contributed by atoms with Gasteiger partial charge in [0.05, 0.1) is 4.90 Å². The molecule has 1 unspecified atom stereocenters. The van der Waals surface area contributed by atoms with E-state index in [1.165, 1.54) is 49.7 Å². The summed E-state index contributed by atoms with van der Waals surface area (Å²) in [7, 11) is -0.724. The smallest absolute Gasteiger partial charge is 0.251 e. The van der Waals surface area contributed by atoms with E-state index < -0.39 is 21.5 Å². The van der Waals surface area contributed by atoms with Gasteiger partial charge < -0.3 is 16.0 Å². The van der Waals surface area contributed by atoms with E-state index in [1.807, 2.05) is 0 Å². The van der Waals surface area contributed by atoms with Gasteiger partial charge in [0.15, 0.2) is 9.84 Å². The van der Waals surface area contributed by atoms with Gasteiger partial charge in [-0.25, -0.2) is 8.42 Å². The highest BCUT2D eigenvalue weighted by atomic mass is 32.2. The third kappa shape index (κ3) is 5.77. The summed E-state index contributed by atoms with van der Waals surface area (Å²) >= 11 is 0. The topological polar surface area (TPSA) is 110 Å². The molecule has 1 aliphatic rings. The standard InChI is InChI=1S/C19H29N3O4S/c1-22(2)18(23)13-27(25,26)16-10-8-15(9-11-16)19(24)21-17(12-20)14-6-4-3-5-7-14/h8-11,14,17H,3-7,12-13,20H2,1-2H3,(H,21,24). The molecule has 1 atom stereocenters. The van der Waals surface area contributed by atoms with Crippen molar-refractivity contribution in [3.05, 3.63) is 29.8 Å². The van der Waals surface area contributed by atoms with Crippen LogP contribution in [0, 0.1) is 5.92 Å². The number of rotatable bonds is 7. The minimum atomic E-state index is -3.73. The summed E-state index contributed by atoms with van der Waals surface area (Å²) < 4.78 is 24.6. The lowest BCUT2D eigenvalue weighted by atomic mass is 9.84. The second-order valence-corrected chi connectivity index (χ2v) is 9.27. The van der Waals surface area contributed by atoms with E-state index in [-0.39, 0.29) is 16.8 Å². The molecule has 0 spiro atoms. The Bertz CT molecular complexity index is 754. The first-order valence-corrected chi connectivity index (χ1v) is 10.9. The lowest BCUT2D eigenvalue weighted by Gasteiger charge is -2.30.